The smallest absolute Gasteiger partial charge is 0.275 e. The number of nitrogens with one attached hydrogen (secondary N) is 1. The van der Waals surface area contributed by atoms with E-state index in [9.17, 15) is 4.79 Å². The molecule has 1 aromatic heterocycles. The van der Waals surface area contributed by atoms with Crippen LogP contribution in [0.15, 0.2) is 29.6 Å². The number of aromatic nitrogens is 1. The first kappa shape index (κ1) is 15.7. The summed E-state index contributed by atoms with van der Waals surface area (Å²) in [6.45, 7) is 8.22. The molecule has 0 aliphatic rings. The van der Waals surface area contributed by atoms with Crippen LogP contribution in [0.3, 0.4) is 0 Å². The minimum absolute atomic E-state index is 0.0388. The highest BCUT2D eigenvalue weighted by atomic mass is 32.1. The summed E-state index contributed by atoms with van der Waals surface area (Å²) >= 11 is 1.41. The lowest BCUT2D eigenvalue weighted by atomic mass is 9.86. The van der Waals surface area contributed by atoms with Crippen LogP contribution in [-0.2, 0) is 5.41 Å². The molecule has 0 fully saturated rings. The standard InChI is InChI=1S/C16H21N3OS/c1-10(17)15-19-13(9-21-15)14(20)18-12-8-6-5-7-11(12)16(2,3)4/h5-10H,17H2,1-4H3,(H,18,20). The molecule has 0 saturated carbocycles. The normalized spacial score (nSPS) is 13.0. The molecule has 1 atom stereocenters. The van der Waals surface area contributed by atoms with Gasteiger partial charge in [-0.15, -0.1) is 11.3 Å². The maximum absolute atomic E-state index is 12.3. The van der Waals surface area contributed by atoms with E-state index in [0.29, 0.717) is 5.69 Å². The van der Waals surface area contributed by atoms with E-state index in [0.717, 1.165) is 16.3 Å². The van der Waals surface area contributed by atoms with Crippen molar-refractivity contribution in [3.63, 3.8) is 0 Å². The third kappa shape index (κ3) is 3.68. The molecule has 3 N–H and O–H groups in total. The Morgan fingerprint density at radius 1 is 1.33 bits per heavy atom. The van der Waals surface area contributed by atoms with Gasteiger partial charge in [0.15, 0.2) is 0 Å². The number of rotatable bonds is 3. The minimum atomic E-state index is -0.199. The zero-order valence-electron chi connectivity index (χ0n) is 12.8. The quantitative estimate of drug-likeness (QED) is 0.908. The zero-order chi connectivity index (χ0) is 15.6. The van der Waals surface area contributed by atoms with Crippen molar-refractivity contribution in [2.24, 2.45) is 5.73 Å². The molecule has 1 unspecified atom stereocenters. The summed E-state index contributed by atoms with van der Waals surface area (Å²) in [5.74, 6) is -0.199. The fourth-order valence-corrected chi connectivity index (χ4v) is 2.79. The molecular formula is C16H21N3OS. The van der Waals surface area contributed by atoms with E-state index >= 15 is 0 Å². The lowest BCUT2D eigenvalue weighted by Crippen LogP contribution is -2.19. The number of hydrogen-bond acceptors (Lipinski definition) is 4. The number of hydrogen-bond donors (Lipinski definition) is 2. The minimum Gasteiger partial charge on any atom is -0.322 e. The molecule has 0 aliphatic carbocycles. The molecule has 112 valence electrons. The van der Waals surface area contributed by atoms with Crippen molar-refractivity contribution in [1.29, 1.82) is 0 Å². The third-order valence-electron chi connectivity index (χ3n) is 3.13. The van der Waals surface area contributed by atoms with Crippen LogP contribution in [0.2, 0.25) is 0 Å². The molecule has 0 saturated heterocycles. The van der Waals surface area contributed by atoms with Crippen LogP contribution < -0.4 is 11.1 Å². The van der Waals surface area contributed by atoms with Crippen LogP contribution in [0.5, 0.6) is 0 Å². The van der Waals surface area contributed by atoms with Crippen molar-refractivity contribution in [3.05, 3.63) is 45.9 Å². The van der Waals surface area contributed by atoms with Crippen molar-refractivity contribution in [3.8, 4) is 0 Å². The summed E-state index contributed by atoms with van der Waals surface area (Å²) in [6.07, 6.45) is 0. The largest absolute Gasteiger partial charge is 0.322 e. The number of nitrogens with zero attached hydrogens (tertiary/aromatic N) is 1. The number of amides is 1. The van der Waals surface area contributed by atoms with E-state index < -0.39 is 0 Å². The van der Waals surface area contributed by atoms with Crippen molar-refractivity contribution in [2.45, 2.75) is 39.2 Å². The lowest BCUT2D eigenvalue weighted by Gasteiger charge is -2.22. The average molecular weight is 303 g/mol. The Balaban J connectivity index is 2.24. The van der Waals surface area contributed by atoms with Gasteiger partial charge in [-0.3, -0.25) is 4.79 Å². The maximum Gasteiger partial charge on any atom is 0.275 e. The van der Waals surface area contributed by atoms with Crippen LogP contribution in [-0.4, -0.2) is 10.9 Å². The highest BCUT2D eigenvalue weighted by Gasteiger charge is 2.20. The van der Waals surface area contributed by atoms with E-state index in [1.54, 1.807) is 5.38 Å². The molecule has 0 radical (unpaired) electrons. The molecule has 1 aromatic carbocycles. The number of thiazole rings is 1. The molecule has 21 heavy (non-hydrogen) atoms. The number of carbonyl (C=O) groups excluding carboxylic acids is 1. The van der Waals surface area contributed by atoms with Gasteiger partial charge >= 0.3 is 0 Å². The Morgan fingerprint density at radius 2 is 2.00 bits per heavy atom. The van der Waals surface area contributed by atoms with E-state index in [4.69, 9.17) is 5.73 Å². The summed E-state index contributed by atoms with van der Waals surface area (Å²) in [4.78, 5) is 16.6. The van der Waals surface area contributed by atoms with Crippen LogP contribution >= 0.6 is 11.3 Å². The Hall–Kier alpha value is -1.72. The molecule has 2 rings (SSSR count). The third-order valence-corrected chi connectivity index (χ3v) is 4.17. The topological polar surface area (TPSA) is 68.0 Å². The Bertz CT molecular complexity index is 641. The zero-order valence-corrected chi connectivity index (χ0v) is 13.6. The summed E-state index contributed by atoms with van der Waals surface area (Å²) in [5.41, 5.74) is 8.07. The van der Waals surface area contributed by atoms with Gasteiger partial charge in [-0.05, 0) is 24.0 Å². The molecule has 1 amide bonds. The van der Waals surface area contributed by atoms with Gasteiger partial charge in [-0.2, -0.15) is 0 Å². The Labute approximate surface area is 129 Å². The van der Waals surface area contributed by atoms with Gasteiger partial charge in [-0.25, -0.2) is 4.98 Å². The number of nitrogens with two attached hydrogens (primary N) is 1. The van der Waals surface area contributed by atoms with E-state index in [2.05, 4.69) is 31.1 Å². The average Bonchev–Trinajstić information content (AvgIpc) is 2.88. The summed E-state index contributed by atoms with van der Waals surface area (Å²) in [7, 11) is 0. The van der Waals surface area contributed by atoms with Gasteiger partial charge in [0.25, 0.3) is 5.91 Å². The number of para-hydroxylation sites is 1. The maximum atomic E-state index is 12.3. The summed E-state index contributed by atoms with van der Waals surface area (Å²) < 4.78 is 0. The van der Waals surface area contributed by atoms with E-state index in [1.807, 2.05) is 31.2 Å². The molecule has 0 spiro atoms. The highest BCUT2D eigenvalue weighted by Crippen LogP contribution is 2.29. The number of benzene rings is 1. The van der Waals surface area contributed by atoms with Crippen LogP contribution in [0.25, 0.3) is 0 Å². The second kappa shape index (κ2) is 5.95. The summed E-state index contributed by atoms with van der Waals surface area (Å²) in [6, 6.07) is 7.69. The predicted octanol–water partition coefficient (Wildman–Crippen LogP) is 3.71. The second-order valence-corrected chi connectivity index (χ2v) is 7.00. The monoisotopic (exact) mass is 303 g/mol. The fraction of sp³-hybridized carbons (Fsp3) is 0.375. The molecule has 4 nitrogen and oxygen atoms in total. The van der Waals surface area contributed by atoms with Crippen LogP contribution in [0.1, 0.15) is 54.8 Å². The van der Waals surface area contributed by atoms with Crippen molar-refractivity contribution < 1.29 is 4.79 Å². The second-order valence-electron chi connectivity index (χ2n) is 6.11. The van der Waals surface area contributed by atoms with E-state index in [1.165, 1.54) is 11.3 Å². The Morgan fingerprint density at radius 3 is 2.57 bits per heavy atom. The van der Waals surface area contributed by atoms with Crippen LogP contribution in [0, 0.1) is 0 Å². The molecule has 2 aromatic rings. The molecular weight excluding hydrogens is 282 g/mol. The van der Waals surface area contributed by atoms with Gasteiger partial charge < -0.3 is 11.1 Å². The first-order chi connectivity index (χ1) is 9.79. The van der Waals surface area contributed by atoms with E-state index in [-0.39, 0.29) is 17.4 Å². The lowest BCUT2D eigenvalue weighted by molar-refractivity contribution is 0.102. The molecule has 0 bridgehead atoms. The molecule has 5 heteroatoms. The van der Waals surface area contributed by atoms with Crippen molar-refractivity contribution in [1.82, 2.24) is 4.98 Å². The number of anilines is 1. The SMILES string of the molecule is CC(N)c1nc(C(=O)Nc2ccccc2C(C)(C)C)cs1. The van der Waals surface area contributed by atoms with Gasteiger partial charge in [0.2, 0.25) is 0 Å². The van der Waals surface area contributed by atoms with Crippen molar-refractivity contribution >= 4 is 22.9 Å². The van der Waals surface area contributed by atoms with Gasteiger partial charge in [0.1, 0.15) is 10.7 Å². The number of carbonyl (C=O) groups is 1. The first-order valence-electron chi connectivity index (χ1n) is 6.91. The van der Waals surface area contributed by atoms with Gasteiger partial charge in [-0.1, -0.05) is 39.0 Å². The predicted molar refractivity (Wildman–Crippen MR) is 87.8 cm³/mol. The Kier molecular flexibility index (Phi) is 4.44. The molecule has 0 aliphatic heterocycles. The van der Waals surface area contributed by atoms with Crippen molar-refractivity contribution in [2.75, 3.05) is 5.32 Å². The fourth-order valence-electron chi connectivity index (χ4n) is 2.03. The first-order valence-corrected chi connectivity index (χ1v) is 7.79. The van der Waals surface area contributed by atoms with Gasteiger partial charge in [0, 0.05) is 11.1 Å². The highest BCUT2D eigenvalue weighted by molar-refractivity contribution is 7.09. The van der Waals surface area contributed by atoms with Gasteiger partial charge in [0.05, 0.1) is 6.04 Å². The van der Waals surface area contributed by atoms with Crippen LogP contribution in [0.4, 0.5) is 5.69 Å². The molecule has 1 heterocycles. The summed E-state index contributed by atoms with van der Waals surface area (Å²) in [5, 5.41) is 5.46.